The van der Waals surface area contributed by atoms with E-state index in [-0.39, 0.29) is 11.1 Å². The van der Waals surface area contributed by atoms with E-state index in [1.165, 1.54) is 0 Å². The van der Waals surface area contributed by atoms with Gasteiger partial charge in [0.1, 0.15) is 11.7 Å². The number of benzene rings is 2. The average molecular weight is 699 g/mol. The first-order valence-corrected chi connectivity index (χ1v) is 20.5. The normalized spacial score (nSPS) is 18.9. The Kier molecular flexibility index (Phi) is 10.5. The lowest BCUT2D eigenvalue weighted by molar-refractivity contribution is 0.0575. The summed E-state index contributed by atoms with van der Waals surface area (Å²) in [5.41, 5.74) is 5.10. The van der Waals surface area contributed by atoms with Gasteiger partial charge in [0.15, 0.2) is 8.32 Å². The molecular formula is C39H54N6O4Si. The van der Waals surface area contributed by atoms with Crippen LogP contribution in [-0.2, 0) is 21.1 Å². The highest BCUT2D eigenvalue weighted by atomic mass is 28.4. The van der Waals surface area contributed by atoms with Crippen LogP contribution in [-0.4, -0.2) is 72.3 Å². The van der Waals surface area contributed by atoms with Gasteiger partial charge in [-0.3, -0.25) is 9.80 Å². The molecule has 1 atom stereocenters. The van der Waals surface area contributed by atoms with Gasteiger partial charge in [-0.1, -0.05) is 39.8 Å². The Bertz CT molecular complexity index is 1770. The molecule has 10 nitrogen and oxygen atoms in total. The Hall–Kier alpha value is -3.82. The molecule has 268 valence electrons. The van der Waals surface area contributed by atoms with Crippen LogP contribution in [0.5, 0.6) is 0 Å². The maximum atomic E-state index is 13.6. The van der Waals surface area contributed by atoms with Crippen LogP contribution < -0.4 is 10.2 Å². The quantitative estimate of drug-likeness (QED) is 0.225. The van der Waals surface area contributed by atoms with Crippen molar-refractivity contribution in [2.24, 2.45) is 0 Å². The highest BCUT2D eigenvalue weighted by molar-refractivity contribution is 6.74. The van der Waals surface area contributed by atoms with Gasteiger partial charge in [0.05, 0.1) is 23.0 Å². The molecule has 11 heteroatoms. The molecule has 50 heavy (non-hydrogen) atoms. The maximum absolute atomic E-state index is 13.6. The van der Waals surface area contributed by atoms with Crippen molar-refractivity contribution in [3.8, 4) is 17.3 Å². The van der Waals surface area contributed by atoms with E-state index in [4.69, 9.17) is 14.1 Å². The Labute approximate surface area is 299 Å². The van der Waals surface area contributed by atoms with Crippen LogP contribution in [0.3, 0.4) is 0 Å². The van der Waals surface area contributed by atoms with Gasteiger partial charge in [-0.2, -0.15) is 5.26 Å². The average Bonchev–Trinajstić information content (AvgIpc) is 3.34. The van der Waals surface area contributed by atoms with Gasteiger partial charge >= 0.3 is 6.09 Å². The van der Waals surface area contributed by atoms with Crippen molar-refractivity contribution in [1.82, 2.24) is 14.9 Å². The molecule has 5 rings (SSSR count). The van der Waals surface area contributed by atoms with Crippen molar-refractivity contribution < 1.29 is 19.1 Å². The molecule has 0 aliphatic carbocycles. The Morgan fingerprint density at radius 1 is 1.12 bits per heavy atom. The molecule has 0 unspecified atom stereocenters. The fourth-order valence-electron chi connectivity index (χ4n) is 6.25. The number of anilines is 3. The highest BCUT2D eigenvalue weighted by Gasteiger charge is 2.47. The fourth-order valence-corrected chi connectivity index (χ4v) is 7.36. The largest absolute Gasteiger partial charge is 0.443 e. The second-order valence-corrected chi connectivity index (χ2v) is 21.6. The summed E-state index contributed by atoms with van der Waals surface area (Å²) in [6.07, 6.45) is 2.58. The number of nitrogens with one attached hydrogen (secondary N) is 1. The first kappa shape index (κ1) is 37.4. The van der Waals surface area contributed by atoms with Crippen LogP contribution in [0.4, 0.5) is 22.1 Å². The van der Waals surface area contributed by atoms with Crippen LogP contribution in [0.15, 0.2) is 42.6 Å². The summed E-state index contributed by atoms with van der Waals surface area (Å²) >= 11 is 0. The fraction of sp³-hybridized carbons (Fsp3) is 0.538. The number of ether oxygens (including phenoxy) is 1. The van der Waals surface area contributed by atoms with Crippen LogP contribution in [0.25, 0.3) is 11.3 Å². The summed E-state index contributed by atoms with van der Waals surface area (Å²) in [5, 5.41) is 23.9. The van der Waals surface area contributed by atoms with E-state index in [0.717, 1.165) is 60.4 Å². The molecule has 0 spiro atoms. The van der Waals surface area contributed by atoms with E-state index in [0.29, 0.717) is 36.0 Å². The number of hydrogen-bond donors (Lipinski definition) is 2. The number of hydrogen-bond acceptors (Lipinski definition) is 9. The molecule has 0 saturated carbocycles. The third-order valence-electron chi connectivity index (χ3n) is 10.2. The van der Waals surface area contributed by atoms with Gasteiger partial charge in [0, 0.05) is 55.6 Å². The van der Waals surface area contributed by atoms with Crippen molar-refractivity contribution in [3.63, 3.8) is 0 Å². The van der Waals surface area contributed by atoms with Gasteiger partial charge in [-0.05, 0) is 99.6 Å². The van der Waals surface area contributed by atoms with Crippen molar-refractivity contribution >= 4 is 31.7 Å². The minimum absolute atomic E-state index is 0.00705. The lowest BCUT2D eigenvalue weighted by atomic mass is 9.83. The summed E-state index contributed by atoms with van der Waals surface area (Å²) in [5.74, 6) is 0.446. The number of amides is 1. The van der Waals surface area contributed by atoms with E-state index < -0.39 is 25.4 Å². The number of aliphatic hydroxyl groups is 1. The predicted octanol–water partition coefficient (Wildman–Crippen LogP) is 8.06. The summed E-state index contributed by atoms with van der Waals surface area (Å²) < 4.78 is 12.6. The number of carbonyl (C=O) groups excluding carboxylic acids is 1. The van der Waals surface area contributed by atoms with Crippen molar-refractivity contribution in [2.45, 2.75) is 110 Å². The first-order valence-electron chi connectivity index (χ1n) is 17.6. The lowest BCUT2D eigenvalue weighted by Gasteiger charge is -2.39. The summed E-state index contributed by atoms with van der Waals surface area (Å²) in [7, 11) is -2.14. The Balaban J connectivity index is 1.51. The van der Waals surface area contributed by atoms with Gasteiger partial charge in [-0.25, -0.2) is 14.8 Å². The van der Waals surface area contributed by atoms with Crippen LogP contribution in [0.1, 0.15) is 83.6 Å². The minimum Gasteiger partial charge on any atom is -0.443 e. The molecule has 1 fully saturated rings. The number of aromatic nitrogens is 2. The number of fused-ring (bicyclic) bond motifs is 1. The smallest absolute Gasteiger partial charge is 0.414 e. The van der Waals surface area contributed by atoms with Crippen LogP contribution in [0.2, 0.25) is 18.1 Å². The van der Waals surface area contributed by atoms with Crippen molar-refractivity contribution in [2.75, 3.05) is 36.5 Å². The predicted molar refractivity (Wildman–Crippen MR) is 201 cm³/mol. The standard InChI is InChI=1S/C39H54N6O4Si/c1-26-11-12-27(23-44-17-14-30(46)15-18-44)33(19-26)43-35-41-16-13-32(42-35)28-20-29(22-40)34-31(21-28)39(8,25-48-50(9,10)38(5,6)7)24-45(34)36(47)49-37(2,3)4/h11-13,16,19-21,30,46H,14-15,17-18,23-25H2,1-10H3,(H,41,42,43)/t39-/m1/s1. The third-order valence-corrected chi connectivity index (χ3v) is 14.7. The van der Waals surface area contributed by atoms with E-state index in [1.807, 2.05) is 32.9 Å². The zero-order chi connectivity index (χ0) is 36.6. The number of nitriles is 1. The van der Waals surface area contributed by atoms with E-state index in [2.05, 4.69) is 87.2 Å². The number of aliphatic hydroxyl groups excluding tert-OH is 1. The van der Waals surface area contributed by atoms with Crippen molar-refractivity contribution in [3.05, 3.63) is 64.8 Å². The topological polar surface area (TPSA) is 124 Å². The molecule has 3 aromatic rings. The van der Waals surface area contributed by atoms with Crippen molar-refractivity contribution in [1.29, 1.82) is 5.26 Å². The van der Waals surface area contributed by atoms with Gasteiger partial charge in [0.2, 0.25) is 5.95 Å². The zero-order valence-electron chi connectivity index (χ0n) is 31.5. The molecular weight excluding hydrogens is 645 g/mol. The van der Waals surface area contributed by atoms with E-state index >= 15 is 0 Å². The SMILES string of the molecule is Cc1ccc(CN2CCC(O)CC2)c(Nc2nccc(-c3cc(C#N)c4c(c3)[C@@](C)(CO[Si](C)(C)C(C)(C)C)CN4C(=O)OC(C)(C)C)n2)c1. The molecule has 3 heterocycles. The number of nitrogens with zero attached hydrogens (tertiary/aromatic N) is 5. The monoisotopic (exact) mass is 698 g/mol. The number of piperidine rings is 1. The molecule has 1 saturated heterocycles. The molecule has 2 N–H and O–H groups in total. The van der Waals surface area contributed by atoms with E-state index in [1.54, 1.807) is 17.2 Å². The number of likely N-dealkylation sites (tertiary alicyclic amines) is 1. The summed E-state index contributed by atoms with van der Waals surface area (Å²) in [6.45, 7) is 24.0. The number of aryl methyl sites for hydroxylation is 1. The number of rotatable bonds is 8. The molecule has 0 bridgehead atoms. The highest BCUT2D eigenvalue weighted by Crippen LogP contribution is 2.47. The summed E-state index contributed by atoms with van der Waals surface area (Å²) in [4.78, 5) is 27.1. The maximum Gasteiger partial charge on any atom is 0.414 e. The third kappa shape index (κ3) is 8.37. The van der Waals surface area contributed by atoms with Gasteiger partial charge in [0.25, 0.3) is 0 Å². The Morgan fingerprint density at radius 3 is 2.46 bits per heavy atom. The second kappa shape index (κ2) is 14.1. The number of carbonyl (C=O) groups is 1. The van der Waals surface area contributed by atoms with Crippen LogP contribution in [0, 0.1) is 18.3 Å². The van der Waals surface area contributed by atoms with Gasteiger partial charge in [-0.15, -0.1) is 0 Å². The Morgan fingerprint density at radius 2 is 1.82 bits per heavy atom. The molecule has 2 aliphatic rings. The molecule has 0 radical (unpaired) electrons. The molecule has 1 amide bonds. The zero-order valence-corrected chi connectivity index (χ0v) is 32.5. The summed E-state index contributed by atoms with van der Waals surface area (Å²) in [6, 6.07) is 14.4. The minimum atomic E-state index is -2.14. The molecule has 2 aliphatic heterocycles. The molecule has 2 aromatic carbocycles. The second-order valence-electron chi connectivity index (χ2n) is 16.8. The first-order chi connectivity index (χ1) is 23.3. The van der Waals surface area contributed by atoms with Crippen LogP contribution >= 0.6 is 0 Å². The van der Waals surface area contributed by atoms with Gasteiger partial charge < -0.3 is 19.6 Å². The van der Waals surface area contributed by atoms with E-state index in [9.17, 15) is 15.2 Å². The molecule has 1 aromatic heterocycles. The lowest BCUT2D eigenvalue weighted by Crippen LogP contribution is -2.46.